The van der Waals surface area contributed by atoms with Gasteiger partial charge in [0.05, 0.1) is 17.3 Å². The highest BCUT2D eigenvalue weighted by Crippen LogP contribution is 2.30. The molecule has 0 fully saturated rings. The maximum atomic E-state index is 8.81. The standard InChI is InChI=1S/C16H19N3O/c1-4-14-16(15(5-2)19(6-3)18-14)20-13-9-7-12(11-17)8-10-13/h7-10H,4-6H2,1-3H3. The summed E-state index contributed by atoms with van der Waals surface area (Å²) < 4.78 is 8.01. The van der Waals surface area contributed by atoms with E-state index < -0.39 is 0 Å². The van der Waals surface area contributed by atoms with E-state index in [4.69, 9.17) is 10.00 Å². The second kappa shape index (κ2) is 6.25. The van der Waals surface area contributed by atoms with E-state index in [9.17, 15) is 0 Å². The Morgan fingerprint density at radius 3 is 2.35 bits per heavy atom. The SMILES string of the molecule is CCc1nn(CC)c(CC)c1Oc1ccc(C#N)cc1. The van der Waals surface area contributed by atoms with Crippen molar-refractivity contribution < 1.29 is 4.74 Å². The molecule has 0 N–H and O–H groups in total. The van der Waals surface area contributed by atoms with Crippen LogP contribution in [0.15, 0.2) is 24.3 Å². The van der Waals surface area contributed by atoms with Crippen molar-refractivity contribution in [2.45, 2.75) is 40.2 Å². The number of aromatic nitrogens is 2. The molecule has 0 aliphatic heterocycles. The van der Waals surface area contributed by atoms with E-state index in [0.29, 0.717) is 5.56 Å². The van der Waals surface area contributed by atoms with E-state index in [1.165, 1.54) is 0 Å². The average Bonchev–Trinajstić information content (AvgIpc) is 2.84. The van der Waals surface area contributed by atoms with E-state index in [1.807, 2.05) is 16.8 Å². The molecule has 1 heterocycles. The zero-order valence-electron chi connectivity index (χ0n) is 12.2. The van der Waals surface area contributed by atoms with Gasteiger partial charge < -0.3 is 4.74 Å². The van der Waals surface area contributed by atoms with Crippen molar-refractivity contribution >= 4 is 0 Å². The van der Waals surface area contributed by atoms with Gasteiger partial charge in [-0.15, -0.1) is 0 Å². The van der Waals surface area contributed by atoms with Crippen LogP contribution in [0, 0.1) is 11.3 Å². The Hall–Kier alpha value is -2.28. The molecule has 0 aliphatic carbocycles. The zero-order valence-corrected chi connectivity index (χ0v) is 12.2. The van der Waals surface area contributed by atoms with Crippen LogP contribution in [0.3, 0.4) is 0 Å². The number of hydrogen-bond donors (Lipinski definition) is 0. The minimum atomic E-state index is 0.632. The summed E-state index contributed by atoms with van der Waals surface area (Å²) in [4.78, 5) is 0. The summed E-state index contributed by atoms with van der Waals surface area (Å²) in [5.41, 5.74) is 2.73. The Morgan fingerprint density at radius 2 is 1.85 bits per heavy atom. The molecule has 1 aromatic carbocycles. The van der Waals surface area contributed by atoms with Gasteiger partial charge in [0.2, 0.25) is 0 Å². The molecule has 104 valence electrons. The van der Waals surface area contributed by atoms with E-state index in [0.717, 1.165) is 42.3 Å². The lowest BCUT2D eigenvalue weighted by Crippen LogP contribution is -2.02. The van der Waals surface area contributed by atoms with Crippen molar-refractivity contribution in [3.63, 3.8) is 0 Å². The van der Waals surface area contributed by atoms with Gasteiger partial charge in [0, 0.05) is 6.54 Å². The van der Waals surface area contributed by atoms with Crippen molar-refractivity contribution in [3.8, 4) is 17.6 Å². The molecule has 0 spiro atoms. The predicted octanol–water partition coefficient (Wildman–Crippen LogP) is 3.69. The van der Waals surface area contributed by atoms with E-state index in [2.05, 4.69) is 31.9 Å². The van der Waals surface area contributed by atoms with Gasteiger partial charge in [-0.3, -0.25) is 4.68 Å². The predicted molar refractivity (Wildman–Crippen MR) is 77.9 cm³/mol. The summed E-state index contributed by atoms with van der Waals surface area (Å²) in [5, 5.41) is 13.4. The minimum absolute atomic E-state index is 0.632. The molecule has 4 heteroatoms. The molecule has 0 saturated heterocycles. The van der Waals surface area contributed by atoms with E-state index >= 15 is 0 Å². The molecule has 1 aromatic heterocycles. The monoisotopic (exact) mass is 269 g/mol. The molecule has 2 aromatic rings. The van der Waals surface area contributed by atoms with Gasteiger partial charge in [-0.25, -0.2) is 0 Å². The fourth-order valence-electron chi connectivity index (χ4n) is 2.20. The fraction of sp³-hybridized carbons (Fsp3) is 0.375. The summed E-state index contributed by atoms with van der Waals surface area (Å²) >= 11 is 0. The van der Waals surface area contributed by atoms with Crippen molar-refractivity contribution in [2.75, 3.05) is 0 Å². The maximum absolute atomic E-state index is 8.81. The number of ether oxygens (including phenoxy) is 1. The average molecular weight is 269 g/mol. The van der Waals surface area contributed by atoms with Crippen LogP contribution in [-0.4, -0.2) is 9.78 Å². The quantitative estimate of drug-likeness (QED) is 0.831. The molecule has 20 heavy (non-hydrogen) atoms. The van der Waals surface area contributed by atoms with Gasteiger partial charge in [-0.1, -0.05) is 13.8 Å². The number of nitriles is 1. The number of hydrogen-bond acceptors (Lipinski definition) is 3. The van der Waals surface area contributed by atoms with Gasteiger partial charge >= 0.3 is 0 Å². The number of aryl methyl sites for hydroxylation is 2. The fourth-order valence-corrected chi connectivity index (χ4v) is 2.20. The molecule has 4 nitrogen and oxygen atoms in total. The van der Waals surface area contributed by atoms with E-state index in [-0.39, 0.29) is 0 Å². The minimum Gasteiger partial charge on any atom is -0.453 e. The van der Waals surface area contributed by atoms with Gasteiger partial charge in [-0.05, 0) is 44.0 Å². The second-order valence-electron chi connectivity index (χ2n) is 4.48. The normalized spacial score (nSPS) is 10.3. The van der Waals surface area contributed by atoms with Crippen molar-refractivity contribution in [3.05, 3.63) is 41.2 Å². The highest BCUT2D eigenvalue weighted by atomic mass is 16.5. The van der Waals surface area contributed by atoms with Crippen molar-refractivity contribution in [1.82, 2.24) is 9.78 Å². The molecule has 2 rings (SSSR count). The van der Waals surface area contributed by atoms with Crippen LogP contribution < -0.4 is 4.74 Å². The molecule has 0 saturated carbocycles. The number of benzene rings is 1. The van der Waals surface area contributed by atoms with Crippen LogP contribution in [0.4, 0.5) is 0 Å². The third-order valence-electron chi connectivity index (χ3n) is 3.25. The van der Waals surface area contributed by atoms with Crippen LogP contribution in [0.5, 0.6) is 11.5 Å². The Labute approximate surface area is 119 Å². The Balaban J connectivity index is 2.36. The topological polar surface area (TPSA) is 50.8 Å². The van der Waals surface area contributed by atoms with Crippen molar-refractivity contribution in [2.24, 2.45) is 0 Å². The van der Waals surface area contributed by atoms with Crippen LogP contribution in [-0.2, 0) is 19.4 Å². The highest BCUT2D eigenvalue weighted by Gasteiger charge is 2.16. The lowest BCUT2D eigenvalue weighted by Gasteiger charge is -2.08. The second-order valence-corrected chi connectivity index (χ2v) is 4.48. The first-order valence-corrected chi connectivity index (χ1v) is 7.00. The van der Waals surface area contributed by atoms with Crippen LogP contribution >= 0.6 is 0 Å². The molecule has 0 radical (unpaired) electrons. The molecular formula is C16H19N3O. The number of rotatable bonds is 5. The Morgan fingerprint density at radius 1 is 1.15 bits per heavy atom. The smallest absolute Gasteiger partial charge is 0.171 e. The summed E-state index contributed by atoms with van der Waals surface area (Å²) in [6.07, 6.45) is 1.72. The Kier molecular flexibility index (Phi) is 4.41. The molecule has 0 bridgehead atoms. The van der Waals surface area contributed by atoms with Crippen molar-refractivity contribution in [1.29, 1.82) is 5.26 Å². The molecule has 0 aliphatic rings. The van der Waals surface area contributed by atoms with Crippen LogP contribution in [0.1, 0.15) is 37.7 Å². The van der Waals surface area contributed by atoms with Crippen LogP contribution in [0.25, 0.3) is 0 Å². The van der Waals surface area contributed by atoms with E-state index in [1.54, 1.807) is 12.1 Å². The highest BCUT2D eigenvalue weighted by molar-refractivity contribution is 5.41. The zero-order chi connectivity index (χ0) is 14.5. The summed E-state index contributed by atoms with van der Waals surface area (Å²) in [7, 11) is 0. The number of nitrogens with zero attached hydrogens (tertiary/aromatic N) is 3. The summed E-state index contributed by atoms with van der Waals surface area (Å²) in [5.74, 6) is 1.60. The molecular weight excluding hydrogens is 250 g/mol. The first kappa shape index (κ1) is 14.1. The Bertz CT molecular complexity index is 620. The summed E-state index contributed by atoms with van der Waals surface area (Å²) in [6, 6.07) is 9.27. The van der Waals surface area contributed by atoms with Gasteiger partial charge in [0.15, 0.2) is 5.75 Å². The third kappa shape index (κ3) is 2.67. The van der Waals surface area contributed by atoms with Gasteiger partial charge in [-0.2, -0.15) is 10.4 Å². The van der Waals surface area contributed by atoms with Crippen LogP contribution in [0.2, 0.25) is 0 Å². The lowest BCUT2D eigenvalue weighted by atomic mass is 10.2. The third-order valence-corrected chi connectivity index (χ3v) is 3.25. The first-order valence-electron chi connectivity index (χ1n) is 7.00. The largest absolute Gasteiger partial charge is 0.453 e. The maximum Gasteiger partial charge on any atom is 0.171 e. The molecule has 0 atom stereocenters. The molecule has 0 unspecified atom stereocenters. The first-order chi connectivity index (χ1) is 9.73. The lowest BCUT2D eigenvalue weighted by molar-refractivity contribution is 0.468. The summed E-state index contributed by atoms with van der Waals surface area (Å²) in [6.45, 7) is 7.10. The molecule has 0 amide bonds. The van der Waals surface area contributed by atoms with Gasteiger partial charge in [0.25, 0.3) is 0 Å². The van der Waals surface area contributed by atoms with Gasteiger partial charge in [0.1, 0.15) is 11.4 Å².